The fraction of sp³-hybridized carbons (Fsp3) is 0.444. The Kier molecular flexibility index (Phi) is 68.8. The van der Waals surface area contributed by atoms with Crippen LogP contribution in [0, 0.1) is 95.7 Å². The molecule has 52 heteroatoms. The molecule has 0 amide bonds. The van der Waals surface area contributed by atoms with Gasteiger partial charge in [-0.3, -0.25) is 85.2 Å². The molecule has 2 radical (unpaired) electrons. The molecule has 133 heavy (non-hydrogen) atoms. The van der Waals surface area contributed by atoms with Crippen LogP contribution in [0.4, 0.5) is 0 Å². The van der Waals surface area contributed by atoms with E-state index in [0.29, 0.717) is 51.7 Å². The molecule has 0 saturated carbocycles. The average Bonchev–Trinajstić information content (AvgIpc) is 1.72. The van der Waals surface area contributed by atoms with Crippen molar-refractivity contribution in [2.75, 3.05) is 92.9 Å². The fourth-order valence-electron chi connectivity index (χ4n) is 9.67. The smallest absolute Gasteiger partial charge is 0.323 e. The van der Waals surface area contributed by atoms with Crippen molar-refractivity contribution < 1.29 is 217 Å². The van der Waals surface area contributed by atoms with Gasteiger partial charge >= 0.3 is 29.8 Å². The van der Waals surface area contributed by atoms with Gasteiger partial charge in [-0.1, -0.05) is 95.3 Å². The number of nitrogens with one attached hydrogen (secondary N) is 6. The Hall–Kier alpha value is -5.97. The molecule has 41 nitrogen and oxygen atoms in total. The van der Waals surface area contributed by atoms with Crippen molar-refractivity contribution >= 4 is 115 Å². The second-order valence-electron chi connectivity index (χ2n) is 28.7. The number of aromatic hydroxyl groups is 5. The van der Waals surface area contributed by atoms with Crippen molar-refractivity contribution in [2.24, 2.45) is 16.7 Å². The number of phenols is 5. The number of rotatable bonds is 43. The summed E-state index contributed by atoms with van der Waals surface area (Å²) in [5.41, 5.74) is 19.0. The number of benzene rings is 5. The normalized spacial score (nSPS) is 13.6. The van der Waals surface area contributed by atoms with Crippen LogP contribution in [0.15, 0.2) is 159 Å². The van der Waals surface area contributed by atoms with Gasteiger partial charge in [0.25, 0.3) is 15.0 Å². The number of aromatic nitrogens is 4. The number of hydrogen-bond acceptors (Lipinski definition) is 29. The van der Waals surface area contributed by atoms with Crippen LogP contribution in [0.1, 0.15) is 108 Å². The maximum absolute atomic E-state index is 13.6. The Morgan fingerprint density at radius 1 is 0.391 bits per heavy atom. The minimum atomic E-state index is -3.55. The van der Waals surface area contributed by atoms with Crippen LogP contribution < -0.4 is 47.3 Å². The third-order valence-electron chi connectivity index (χ3n) is 15.5. The summed E-state index contributed by atoms with van der Waals surface area (Å²) in [5, 5.41) is 62.5. The van der Waals surface area contributed by atoms with Gasteiger partial charge in [0.15, 0.2) is 19.4 Å². The Balaban J connectivity index is -0.00000154. The van der Waals surface area contributed by atoms with Crippen molar-refractivity contribution in [3.05, 3.63) is 200 Å². The number of phenolic OH excluding ortho intramolecular Hbond substituents is 5. The third kappa shape index (κ3) is 68.7. The van der Waals surface area contributed by atoms with Crippen molar-refractivity contribution in [1.29, 1.82) is 0 Å². The summed E-state index contributed by atoms with van der Waals surface area (Å²) < 4.78 is 117. The summed E-state index contributed by atoms with van der Waals surface area (Å²) in [6.45, 7) is 25.8. The van der Waals surface area contributed by atoms with Crippen LogP contribution in [-0.2, 0) is 131 Å². The third-order valence-corrected chi connectivity index (χ3v) is 22.1. The monoisotopic (exact) mass is 2300 g/mol. The Bertz CT molecular complexity index is 4700. The molecule has 0 bridgehead atoms. The summed E-state index contributed by atoms with van der Waals surface area (Å²) >= 11 is 9.70. The SMILES string of the molecule is CCCOC(=O)C(Cc1ccc(O)cc1)NP(C)(=O)NC(Cc1ccc(O)cc1)C(=O)OCCC.CCCOC(=O)C(Cc1ccc(O)cc1)NP(C)(=O)O.CCCOC(=O)C(Cc1ccc(O)cc1)NP(C)(=O)n1ccnc1.CCCOC(=O)C(N)Cc1ccc(O)cc1.CCOC(=O)[CH-]NP(C)(=O)N[CH-]C(=O)OCC.CP(=O)(Cl)Cl.CP(=O)(O)n1ccnc1.CP(N)(N)=O.[Pr].[Pr]. The zero-order valence-electron chi connectivity index (χ0n) is 76.8. The molecule has 0 aliphatic carbocycles. The van der Waals surface area contributed by atoms with E-state index in [1.165, 1.54) is 116 Å². The first-order chi connectivity index (χ1) is 61.0. The van der Waals surface area contributed by atoms with Gasteiger partial charge in [-0.25, -0.2) is 43.4 Å². The molecule has 2 heterocycles. The Labute approximate surface area is 853 Å². The largest absolute Gasteiger partial charge is 0.508 e. The predicted molar refractivity (Wildman–Crippen MR) is 504 cm³/mol. The second-order valence-corrected chi connectivity index (χ2v) is 48.0. The van der Waals surface area contributed by atoms with E-state index in [1.807, 2.05) is 34.6 Å². The number of nitrogens with two attached hydrogens (primary N) is 3. The maximum atomic E-state index is 13.6. The Morgan fingerprint density at radius 3 is 0.857 bits per heavy atom. The number of imidazole rings is 2. The predicted octanol–water partition coefficient (Wildman–Crippen LogP) is 11.8. The van der Waals surface area contributed by atoms with E-state index in [4.69, 9.17) is 61.9 Å². The van der Waals surface area contributed by atoms with Crippen LogP contribution in [0.5, 0.6) is 28.7 Å². The van der Waals surface area contributed by atoms with Gasteiger partial charge < -0.3 is 84.4 Å². The number of carbonyl (C=O) groups excluding carboxylic acids is 7. The molecule has 0 spiro atoms. The number of halogens is 2. The zero-order chi connectivity index (χ0) is 99.8. The van der Waals surface area contributed by atoms with Crippen molar-refractivity contribution in [3.8, 4) is 28.7 Å². The van der Waals surface area contributed by atoms with Gasteiger partial charge in [0.05, 0.1) is 46.2 Å². The molecule has 5 aromatic carbocycles. The first kappa shape index (κ1) is 131. The standard InChI is InChI=1S/C25H35N2O7P.C16H22N3O4P.C13H20NO5P.C12H17NO3.C9H17N2O5P.C4H7N2O2P.CH3Cl2OP.CH7N2OP.2Pr/c1-4-14-33-24(30)22(16-18-6-10-20(28)11-7-18)26-35(3,32)27-23(25(31)34-15-5-2)17-19-8-12-21(29)13-9-19;1-3-10-23-16(21)15(11-13-4-6-14(20)7-5-13)18-24(2,22)19-9-8-17-12-19;1-3-8-19-13(16)12(14-20(2,17)18)9-10-4-6-11(15)7-5-10;1-2-7-16-12(15)11(13)8-9-3-5-10(14)6-4-9;1-4-15-8(12)6-10-17(3,14)11-7-9(13)16-5-2;1-9(7,8)6-3-2-5-4-6;2*1-5(2,3)4;;/h6-13,22-23,28-29H,4-5,14-17H2,1-3H3,(H2,26,27,32);4-9,12,15,20H,3,10-11H2,1-2H3,(H,18,22);4-7,12,15H,3,8-9H2,1-2H3,(H2,14,17,18);3-6,11,14H,2,7-8,13H2,1H3;6-7H,4-5H2,1-3H3,(H2,10,11,14);2-4H,1H3,(H,7,8);1H3;1H3,(H4,2,3,4);;/q;;;;-2;;;;;. The molecule has 19 N–H and O–H groups in total. The first-order valence-corrected chi connectivity index (χ1v) is 57.4. The number of nitrogens with zero attached hydrogens (tertiary/aromatic N) is 4. The van der Waals surface area contributed by atoms with E-state index in [0.717, 1.165) is 54.0 Å². The van der Waals surface area contributed by atoms with E-state index in [2.05, 4.69) is 61.0 Å². The molecule has 8 unspecified atom stereocenters. The summed E-state index contributed by atoms with van der Waals surface area (Å²) in [6.07, 6.45) is 13.5. The second kappa shape index (κ2) is 69.8. The number of hydrogen-bond donors (Lipinski definition) is 16. The fourth-order valence-corrected chi connectivity index (χ4v) is 14.9. The van der Waals surface area contributed by atoms with Gasteiger partial charge in [-0.05, 0) is 189 Å². The minimum Gasteiger partial charge on any atom is -0.508 e. The molecule has 7 aromatic rings. The molecular weight excluding hydrogens is 2170 g/mol. The van der Waals surface area contributed by atoms with Gasteiger partial charge in [-0.2, -0.15) is 0 Å². The van der Waals surface area contributed by atoms with E-state index in [-0.39, 0.29) is 170 Å². The van der Waals surface area contributed by atoms with Crippen LogP contribution in [0.3, 0.4) is 0 Å². The molecule has 0 fully saturated rings. The number of carbonyl (C=O) groups is 7. The maximum Gasteiger partial charge on any atom is 0.323 e. The van der Waals surface area contributed by atoms with Crippen LogP contribution in [0.2, 0.25) is 0 Å². The van der Waals surface area contributed by atoms with Crippen molar-refractivity contribution in [3.63, 3.8) is 0 Å². The molecule has 0 saturated heterocycles. The molecule has 7 rings (SSSR count). The van der Waals surface area contributed by atoms with Crippen molar-refractivity contribution in [1.82, 2.24) is 49.2 Å². The topological polar surface area (TPSA) is 631 Å². The van der Waals surface area contributed by atoms with Crippen LogP contribution in [0.25, 0.3) is 0 Å². The van der Waals surface area contributed by atoms with Gasteiger partial charge in [-0.15, -0.1) is 0 Å². The molecule has 0 aliphatic heterocycles. The van der Waals surface area contributed by atoms with Gasteiger partial charge in [0.2, 0.25) is 28.2 Å². The number of ether oxygens (including phenoxy) is 7. The average molecular weight is 2300 g/mol. The molecular formula is C81H128Cl2N13O28P7Pr2-2. The summed E-state index contributed by atoms with van der Waals surface area (Å²) in [4.78, 5) is 109. The first-order valence-electron chi connectivity index (χ1n) is 40.6. The quantitative estimate of drug-likeness (QED) is 0.00730. The molecule has 742 valence electrons. The van der Waals surface area contributed by atoms with E-state index in [9.17, 15) is 90.8 Å². The van der Waals surface area contributed by atoms with E-state index < -0.39 is 117 Å². The van der Waals surface area contributed by atoms with Crippen molar-refractivity contribution in [2.45, 2.75) is 143 Å². The zero-order valence-corrected chi connectivity index (χ0v) is 92.0. The summed E-state index contributed by atoms with van der Waals surface area (Å²) in [6, 6.07) is 27.9. The summed E-state index contributed by atoms with van der Waals surface area (Å²) in [7, 11) is -18.9. The molecule has 2 aromatic heterocycles. The van der Waals surface area contributed by atoms with Crippen LogP contribution in [-0.4, -0.2) is 219 Å². The minimum absolute atomic E-state index is 0. The van der Waals surface area contributed by atoms with E-state index >= 15 is 0 Å². The number of esters is 7. The summed E-state index contributed by atoms with van der Waals surface area (Å²) in [5.74, 6) is -5.81. The van der Waals surface area contributed by atoms with Gasteiger partial charge in [0.1, 0.15) is 71.6 Å². The molecule has 8 atom stereocenters. The van der Waals surface area contributed by atoms with Crippen LogP contribution >= 0.6 is 73.1 Å². The van der Waals surface area contributed by atoms with E-state index in [1.54, 1.807) is 105 Å². The van der Waals surface area contributed by atoms with Gasteiger partial charge in [0, 0.05) is 154 Å². The Morgan fingerprint density at radius 2 is 0.632 bits per heavy atom. The molecule has 0 aliphatic rings.